The fourth-order valence-electron chi connectivity index (χ4n) is 2.51. The fraction of sp³-hybridized carbons (Fsp3) is 1.00. The van der Waals surface area contributed by atoms with E-state index in [1.807, 2.05) is 0 Å². The number of nitrogens with zero attached hydrogens (tertiary/aromatic N) is 2. The Kier molecular flexibility index (Phi) is 3.97. The lowest BCUT2D eigenvalue weighted by molar-refractivity contribution is -0.0217. The Morgan fingerprint density at radius 3 is 2.93 bits per heavy atom. The molecule has 0 aromatic rings. The van der Waals surface area contributed by atoms with Gasteiger partial charge in [-0.3, -0.25) is 9.80 Å². The molecule has 2 heterocycles. The molecule has 1 N–H and O–H groups in total. The Balaban J connectivity index is 1.87. The lowest BCUT2D eigenvalue weighted by Crippen LogP contribution is -2.57. The lowest BCUT2D eigenvalue weighted by atomic mass is 10.1. The van der Waals surface area contributed by atoms with Gasteiger partial charge in [0.25, 0.3) is 0 Å². The molecule has 0 aromatic heterocycles. The fourth-order valence-corrected chi connectivity index (χ4v) is 2.51. The van der Waals surface area contributed by atoms with Gasteiger partial charge in [-0.05, 0) is 19.9 Å². The lowest BCUT2D eigenvalue weighted by Gasteiger charge is -2.43. The summed E-state index contributed by atoms with van der Waals surface area (Å²) < 4.78 is 5.51. The van der Waals surface area contributed by atoms with Crippen molar-refractivity contribution < 1.29 is 9.84 Å². The van der Waals surface area contributed by atoms with E-state index in [1.165, 1.54) is 12.8 Å². The van der Waals surface area contributed by atoms with Gasteiger partial charge in [0.15, 0.2) is 0 Å². The molecule has 88 valence electrons. The Morgan fingerprint density at radius 1 is 1.40 bits per heavy atom. The predicted molar refractivity (Wildman–Crippen MR) is 58.9 cm³/mol. The monoisotopic (exact) mass is 214 g/mol. The summed E-state index contributed by atoms with van der Waals surface area (Å²) in [5, 5.41) is 9.28. The van der Waals surface area contributed by atoms with Crippen LogP contribution in [0.25, 0.3) is 0 Å². The standard InChI is InChI=1S/C11H22N2O2/c1-12-4-5-13(7-11(12)8-14)10-3-2-6-15-9-10/h10-11,14H,2-9H2,1H3. The largest absolute Gasteiger partial charge is 0.395 e. The highest BCUT2D eigenvalue weighted by molar-refractivity contribution is 4.84. The third kappa shape index (κ3) is 2.69. The molecule has 0 aliphatic carbocycles. The van der Waals surface area contributed by atoms with Gasteiger partial charge in [0.1, 0.15) is 0 Å². The third-order valence-corrected chi connectivity index (χ3v) is 3.67. The first-order valence-corrected chi connectivity index (χ1v) is 5.94. The maximum atomic E-state index is 9.28. The molecule has 0 spiro atoms. The maximum absolute atomic E-state index is 9.28. The van der Waals surface area contributed by atoms with Crippen molar-refractivity contribution in [2.24, 2.45) is 0 Å². The number of likely N-dealkylation sites (N-methyl/N-ethyl adjacent to an activating group) is 1. The van der Waals surface area contributed by atoms with Crippen LogP contribution in [0.3, 0.4) is 0 Å². The molecule has 2 aliphatic rings. The second-order valence-electron chi connectivity index (χ2n) is 4.68. The van der Waals surface area contributed by atoms with Gasteiger partial charge < -0.3 is 9.84 Å². The van der Waals surface area contributed by atoms with Crippen molar-refractivity contribution >= 4 is 0 Å². The molecule has 2 unspecified atom stereocenters. The van der Waals surface area contributed by atoms with E-state index < -0.39 is 0 Å². The first kappa shape index (κ1) is 11.3. The number of piperazine rings is 1. The normalized spacial score (nSPS) is 35.6. The van der Waals surface area contributed by atoms with E-state index in [-0.39, 0.29) is 6.61 Å². The van der Waals surface area contributed by atoms with Gasteiger partial charge in [-0.2, -0.15) is 0 Å². The summed E-state index contributed by atoms with van der Waals surface area (Å²) >= 11 is 0. The van der Waals surface area contributed by atoms with Crippen LogP contribution >= 0.6 is 0 Å². The molecule has 0 saturated carbocycles. The zero-order valence-corrected chi connectivity index (χ0v) is 9.56. The molecule has 2 saturated heterocycles. The number of hydrogen-bond donors (Lipinski definition) is 1. The summed E-state index contributed by atoms with van der Waals surface area (Å²) in [5.41, 5.74) is 0. The van der Waals surface area contributed by atoms with Crippen LogP contribution in [0, 0.1) is 0 Å². The summed E-state index contributed by atoms with van der Waals surface area (Å²) in [6.45, 7) is 5.22. The summed E-state index contributed by atoms with van der Waals surface area (Å²) in [6.07, 6.45) is 2.43. The summed E-state index contributed by atoms with van der Waals surface area (Å²) in [4.78, 5) is 4.74. The zero-order chi connectivity index (χ0) is 10.7. The topological polar surface area (TPSA) is 35.9 Å². The third-order valence-electron chi connectivity index (χ3n) is 3.67. The quantitative estimate of drug-likeness (QED) is 0.689. The van der Waals surface area contributed by atoms with Crippen molar-refractivity contribution in [2.75, 3.05) is 46.5 Å². The molecule has 15 heavy (non-hydrogen) atoms. The van der Waals surface area contributed by atoms with E-state index in [2.05, 4.69) is 16.8 Å². The van der Waals surface area contributed by atoms with Crippen LogP contribution in [0.5, 0.6) is 0 Å². The van der Waals surface area contributed by atoms with Gasteiger partial charge in [-0.25, -0.2) is 0 Å². The van der Waals surface area contributed by atoms with Crippen LogP contribution in [-0.2, 0) is 4.74 Å². The highest BCUT2D eigenvalue weighted by Crippen LogP contribution is 2.17. The molecule has 0 radical (unpaired) electrons. The van der Waals surface area contributed by atoms with Crippen LogP contribution in [0.4, 0.5) is 0 Å². The van der Waals surface area contributed by atoms with Crippen LogP contribution in [-0.4, -0.2) is 73.5 Å². The Hall–Kier alpha value is -0.160. The maximum Gasteiger partial charge on any atom is 0.0621 e. The average Bonchev–Trinajstić information content (AvgIpc) is 2.31. The predicted octanol–water partition coefficient (Wildman–Crippen LogP) is -0.226. The van der Waals surface area contributed by atoms with Crippen LogP contribution < -0.4 is 0 Å². The minimum atomic E-state index is 0.264. The SMILES string of the molecule is CN1CCN(C2CCCOC2)CC1CO. The van der Waals surface area contributed by atoms with Crippen molar-refractivity contribution in [1.29, 1.82) is 0 Å². The molecular formula is C11H22N2O2. The summed E-state index contributed by atoms with van der Waals surface area (Å²) in [5.74, 6) is 0. The van der Waals surface area contributed by atoms with Crippen LogP contribution in [0.15, 0.2) is 0 Å². The average molecular weight is 214 g/mol. The first-order chi connectivity index (χ1) is 7.31. The van der Waals surface area contributed by atoms with E-state index in [0.29, 0.717) is 12.1 Å². The van der Waals surface area contributed by atoms with E-state index in [1.54, 1.807) is 0 Å². The van der Waals surface area contributed by atoms with Gasteiger partial charge >= 0.3 is 0 Å². The number of hydrogen-bond acceptors (Lipinski definition) is 4. The van der Waals surface area contributed by atoms with E-state index in [4.69, 9.17) is 4.74 Å². The zero-order valence-electron chi connectivity index (χ0n) is 9.56. The molecular weight excluding hydrogens is 192 g/mol. The Morgan fingerprint density at radius 2 is 2.27 bits per heavy atom. The molecule has 2 atom stereocenters. The minimum Gasteiger partial charge on any atom is -0.395 e. The van der Waals surface area contributed by atoms with E-state index in [9.17, 15) is 5.11 Å². The van der Waals surface area contributed by atoms with Gasteiger partial charge in [-0.15, -0.1) is 0 Å². The van der Waals surface area contributed by atoms with Gasteiger partial charge in [-0.1, -0.05) is 0 Å². The van der Waals surface area contributed by atoms with Crippen molar-refractivity contribution in [3.63, 3.8) is 0 Å². The number of ether oxygens (including phenoxy) is 1. The molecule has 4 nitrogen and oxygen atoms in total. The highest BCUT2D eigenvalue weighted by atomic mass is 16.5. The second kappa shape index (κ2) is 5.25. The van der Waals surface area contributed by atoms with Gasteiger partial charge in [0.05, 0.1) is 13.2 Å². The molecule has 4 heteroatoms. The van der Waals surface area contributed by atoms with Crippen molar-refractivity contribution in [3.8, 4) is 0 Å². The number of aliphatic hydroxyl groups excluding tert-OH is 1. The minimum absolute atomic E-state index is 0.264. The van der Waals surface area contributed by atoms with Gasteiger partial charge in [0.2, 0.25) is 0 Å². The van der Waals surface area contributed by atoms with E-state index >= 15 is 0 Å². The highest BCUT2D eigenvalue weighted by Gasteiger charge is 2.29. The van der Waals surface area contributed by atoms with Crippen molar-refractivity contribution in [3.05, 3.63) is 0 Å². The molecule has 2 aliphatic heterocycles. The van der Waals surface area contributed by atoms with Crippen molar-refractivity contribution in [1.82, 2.24) is 9.80 Å². The van der Waals surface area contributed by atoms with Crippen LogP contribution in [0.2, 0.25) is 0 Å². The number of rotatable bonds is 2. The van der Waals surface area contributed by atoms with Crippen LogP contribution in [0.1, 0.15) is 12.8 Å². The Labute approximate surface area is 91.8 Å². The summed E-state index contributed by atoms with van der Waals surface area (Å²) in [6, 6.07) is 0.891. The molecule has 0 bridgehead atoms. The molecule has 2 rings (SSSR count). The molecule has 0 amide bonds. The summed E-state index contributed by atoms with van der Waals surface area (Å²) in [7, 11) is 2.09. The van der Waals surface area contributed by atoms with E-state index in [0.717, 1.165) is 32.8 Å². The smallest absolute Gasteiger partial charge is 0.0621 e. The first-order valence-electron chi connectivity index (χ1n) is 5.94. The second-order valence-corrected chi connectivity index (χ2v) is 4.68. The molecule has 0 aromatic carbocycles. The Bertz CT molecular complexity index is 195. The molecule has 2 fully saturated rings. The van der Waals surface area contributed by atoms with Crippen molar-refractivity contribution in [2.45, 2.75) is 24.9 Å². The number of aliphatic hydroxyl groups is 1. The van der Waals surface area contributed by atoms with Gasteiger partial charge in [0, 0.05) is 38.3 Å².